The van der Waals surface area contributed by atoms with Crippen LogP contribution in [0.1, 0.15) is 10.4 Å². The van der Waals surface area contributed by atoms with E-state index in [9.17, 15) is 9.59 Å². The minimum absolute atomic E-state index is 0.0209. The highest BCUT2D eigenvalue weighted by Crippen LogP contribution is 2.22. The van der Waals surface area contributed by atoms with Gasteiger partial charge in [0.1, 0.15) is 0 Å². The fourth-order valence-electron chi connectivity index (χ4n) is 1.37. The van der Waals surface area contributed by atoms with E-state index in [1.807, 2.05) is 0 Å². The van der Waals surface area contributed by atoms with Crippen LogP contribution in [0.25, 0.3) is 0 Å². The molecule has 0 aromatic heterocycles. The number of nitrogen functional groups attached to an aromatic ring is 1. The molecule has 5 heteroatoms. The van der Waals surface area contributed by atoms with Crippen LogP contribution in [0.3, 0.4) is 0 Å². The molecule has 0 unspecified atom stereocenters. The Hall–Kier alpha value is -2.04. The van der Waals surface area contributed by atoms with Crippen molar-refractivity contribution in [1.29, 1.82) is 0 Å². The van der Waals surface area contributed by atoms with Crippen LogP contribution in [-0.4, -0.2) is 18.4 Å². The van der Waals surface area contributed by atoms with Crippen LogP contribution in [0.15, 0.2) is 18.2 Å². The Kier molecular flexibility index (Phi) is 1.85. The minimum Gasteiger partial charge on any atom is -0.398 e. The van der Waals surface area contributed by atoms with Gasteiger partial charge in [-0.15, -0.1) is 0 Å². The zero-order valence-corrected chi connectivity index (χ0v) is 7.33. The summed E-state index contributed by atoms with van der Waals surface area (Å²) in [5.74, 6) is -0.570. The first-order chi connectivity index (χ1) is 6.68. The van der Waals surface area contributed by atoms with Crippen molar-refractivity contribution in [2.75, 3.05) is 17.6 Å². The quantitative estimate of drug-likeness (QED) is 0.503. The summed E-state index contributed by atoms with van der Waals surface area (Å²) < 4.78 is 0. The minimum atomic E-state index is -0.323. The molecule has 1 aromatic carbocycles. The Morgan fingerprint density at radius 3 is 2.86 bits per heavy atom. The Morgan fingerprint density at radius 2 is 2.07 bits per heavy atom. The van der Waals surface area contributed by atoms with Crippen molar-refractivity contribution in [3.63, 3.8) is 0 Å². The van der Waals surface area contributed by atoms with Crippen LogP contribution in [0.2, 0.25) is 0 Å². The van der Waals surface area contributed by atoms with Gasteiger partial charge in [0.15, 0.2) is 0 Å². The van der Waals surface area contributed by atoms with Crippen LogP contribution < -0.4 is 16.4 Å². The predicted octanol–water partition coefficient (Wildman–Crippen LogP) is -0.0493. The predicted molar refractivity (Wildman–Crippen MR) is 51.8 cm³/mol. The summed E-state index contributed by atoms with van der Waals surface area (Å²) in [4.78, 5) is 22.6. The molecule has 2 rings (SSSR count). The monoisotopic (exact) mass is 191 g/mol. The number of carbonyl (C=O) groups excluding carboxylic acids is 2. The van der Waals surface area contributed by atoms with Crippen LogP contribution >= 0.6 is 0 Å². The molecule has 0 spiro atoms. The van der Waals surface area contributed by atoms with Crippen molar-refractivity contribution < 1.29 is 9.59 Å². The second kappa shape index (κ2) is 3.02. The maximum atomic E-state index is 11.5. The molecule has 1 aromatic rings. The van der Waals surface area contributed by atoms with Gasteiger partial charge in [0.25, 0.3) is 5.91 Å². The van der Waals surface area contributed by atoms with Crippen molar-refractivity contribution in [1.82, 2.24) is 5.32 Å². The largest absolute Gasteiger partial charge is 0.398 e. The summed E-state index contributed by atoms with van der Waals surface area (Å²) in [6.07, 6.45) is 0. The molecular weight excluding hydrogens is 182 g/mol. The number of hydrogen-bond acceptors (Lipinski definition) is 3. The SMILES string of the molecule is Nc1cccc2c1C(=O)NCC(=O)N2. The Morgan fingerprint density at radius 1 is 1.29 bits per heavy atom. The van der Waals surface area contributed by atoms with Gasteiger partial charge in [0.2, 0.25) is 5.91 Å². The van der Waals surface area contributed by atoms with E-state index in [4.69, 9.17) is 5.73 Å². The number of carbonyl (C=O) groups is 2. The first-order valence-corrected chi connectivity index (χ1v) is 4.15. The second-order valence-electron chi connectivity index (χ2n) is 3.00. The number of benzene rings is 1. The van der Waals surface area contributed by atoms with Gasteiger partial charge in [-0.25, -0.2) is 0 Å². The van der Waals surface area contributed by atoms with Crippen molar-refractivity contribution in [2.24, 2.45) is 0 Å². The molecule has 0 bridgehead atoms. The smallest absolute Gasteiger partial charge is 0.255 e. The van der Waals surface area contributed by atoms with Gasteiger partial charge < -0.3 is 16.4 Å². The van der Waals surface area contributed by atoms with Crippen LogP contribution in [0.5, 0.6) is 0 Å². The Labute approximate surface area is 80.3 Å². The van der Waals surface area contributed by atoms with E-state index in [2.05, 4.69) is 10.6 Å². The van der Waals surface area contributed by atoms with Gasteiger partial charge >= 0.3 is 0 Å². The first-order valence-electron chi connectivity index (χ1n) is 4.15. The number of nitrogens with two attached hydrogens (primary N) is 1. The van der Waals surface area contributed by atoms with Crippen LogP contribution in [0, 0.1) is 0 Å². The lowest BCUT2D eigenvalue weighted by molar-refractivity contribution is -0.115. The number of rotatable bonds is 0. The lowest BCUT2D eigenvalue weighted by Crippen LogP contribution is -2.28. The van der Waals surface area contributed by atoms with Gasteiger partial charge in [-0.1, -0.05) is 6.07 Å². The fraction of sp³-hybridized carbons (Fsp3) is 0.111. The maximum Gasteiger partial charge on any atom is 0.255 e. The van der Waals surface area contributed by atoms with Gasteiger partial charge in [0, 0.05) is 5.69 Å². The van der Waals surface area contributed by atoms with Crippen LogP contribution in [0.4, 0.5) is 11.4 Å². The third-order valence-corrected chi connectivity index (χ3v) is 2.01. The molecule has 2 amide bonds. The summed E-state index contributed by atoms with van der Waals surface area (Å²) in [7, 11) is 0. The molecule has 0 atom stereocenters. The zero-order chi connectivity index (χ0) is 10.1. The summed E-state index contributed by atoms with van der Waals surface area (Å²) >= 11 is 0. The third-order valence-electron chi connectivity index (χ3n) is 2.01. The molecular formula is C9H9N3O2. The highest BCUT2D eigenvalue weighted by Gasteiger charge is 2.20. The molecule has 1 aliphatic heterocycles. The van der Waals surface area contributed by atoms with Crippen molar-refractivity contribution in [3.05, 3.63) is 23.8 Å². The van der Waals surface area contributed by atoms with E-state index in [0.29, 0.717) is 16.9 Å². The molecule has 0 radical (unpaired) electrons. The molecule has 5 nitrogen and oxygen atoms in total. The van der Waals surface area contributed by atoms with E-state index in [1.54, 1.807) is 18.2 Å². The van der Waals surface area contributed by atoms with Gasteiger partial charge in [0.05, 0.1) is 17.8 Å². The van der Waals surface area contributed by atoms with E-state index >= 15 is 0 Å². The summed E-state index contributed by atoms with van der Waals surface area (Å²) in [6, 6.07) is 4.96. The van der Waals surface area contributed by atoms with Crippen LogP contribution in [-0.2, 0) is 4.79 Å². The molecule has 0 aliphatic carbocycles. The molecule has 1 aliphatic rings. The lowest BCUT2D eigenvalue weighted by atomic mass is 10.1. The molecule has 0 saturated carbocycles. The lowest BCUT2D eigenvalue weighted by Gasteiger charge is -2.06. The molecule has 0 saturated heterocycles. The number of anilines is 2. The maximum absolute atomic E-state index is 11.5. The summed E-state index contributed by atoms with van der Waals surface area (Å²) in [5, 5.41) is 5.05. The van der Waals surface area contributed by atoms with E-state index in [0.717, 1.165) is 0 Å². The van der Waals surface area contributed by atoms with Crippen molar-refractivity contribution in [3.8, 4) is 0 Å². The highest BCUT2D eigenvalue weighted by atomic mass is 16.2. The summed E-state index contributed by atoms with van der Waals surface area (Å²) in [6.45, 7) is -0.0209. The number of amides is 2. The average Bonchev–Trinajstić information content (AvgIpc) is 2.27. The topological polar surface area (TPSA) is 84.2 Å². The Bertz CT molecular complexity index is 415. The average molecular weight is 191 g/mol. The van der Waals surface area contributed by atoms with E-state index < -0.39 is 0 Å². The number of fused-ring (bicyclic) bond motifs is 1. The van der Waals surface area contributed by atoms with Crippen molar-refractivity contribution >= 4 is 23.2 Å². The summed E-state index contributed by atoms with van der Waals surface area (Å²) in [5.41, 5.74) is 6.79. The molecule has 1 heterocycles. The standard InChI is InChI=1S/C9H9N3O2/c10-5-2-1-3-6-8(5)9(14)11-4-7(13)12-6/h1-3H,4,10H2,(H,11,14)(H,12,13). The first kappa shape index (κ1) is 8.55. The highest BCUT2D eigenvalue weighted by molar-refractivity contribution is 6.11. The molecule has 4 N–H and O–H groups in total. The second-order valence-corrected chi connectivity index (χ2v) is 3.00. The van der Waals surface area contributed by atoms with Crippen molar-refractivity contribution in [2.45, 2.75) is 0 Å². The third kappa shape index (κ3) is 1.28. The van der Waals surface area contributed by atoms with E-state index in [1.165, 1.54) is 0 Å². The molecule has 14 heavy (non-hydrogen) atoms. The normalized spacial score (nSPS) is 15.1. The number of hydrogen-bond donors (Lipinski definition) is 3. The van der Waals surface area contributed by atoms with E-state index in [-0.39, 0.29) is 18.4 Å². The van der Waals surface area contributed by atoms with Gasteiger partial charge in [-0.3, -0.25) is 9.59 Å². The molecule has 72 valence electrons. The Balaban J connectivity index is 2.57. The number of nitrogens with one attached hydrogen (secondary N) is 2. The zero-order valence-electron chi connectivity index (χ0n) is 7.33. The van der Waals surface area contributed by atoms with Gasteiger partial charge in [-0.2, -0.15) is 0 Å². The van der Waals surface area contributed by atoms with Gasteiger partial charge in [-0.05, 0) is 12.1 Å². The molecule has 0 fully saturated rings. The fourth-order valence-corrected chi connectivity index (χ4v) is 1.37.